The monoisotopic (exact) mass is 225 g/mol. The molecule has 0 aliphatic carbocycles. The van der Waals surface area contributed by atoms with Crippen LogP contribution in [0.3, 0.4) is 0 Å². The Morgan fingerprint density at radius 3 is 2.46 bits per heavy atom. The van der Waals surface area contributed by atoms with Gasteiger partial charge in [-0.15, -0.1) is 0 Å². The number of hydrogen-bond donors (Lipinski definition) is 0. The Labute approximate surface area is 82.5 Å². The van der Waals surface area contributed by atoms with Crippen LogP contribution < -0.4 is 0 Å². The molecule has 0 spiro atoms. The van der Waals surface area contributed by atoms with Gasteiger partial charge in [0.2, 0.25) is 0 Å². The first-order valence-corrected chi connectivity index (χ1v) is 3.91. The fourth-order valence-corrected chi connectivity index (χ4v) is 1.21. The van der Waals surface area contributed by atoms with E-state index < -0.39 is 17.2 Å². The fraction of sp³-hybridized carbons (Fsp3) is 0.143. The number of rotatable bonds is 2. The van der Waals surface area contributed by atoms with E-state index in [0.717, 1.165) is 12.4 Å². The van der Waals surface area contributed by atoms with Gasteiger partial charge in [-0.2, -0.15) is 0 Å². The lowest BCUT2D eigenvalue weighted by Gasteiger charge is -2.05. The Kier molecular flexibility index (Phi) is 3.17. The van der Waals surface area contributed by atoms with Crippen molar-refractivity contribution in [1.82, 2.24) is 4.98 Å². The van der Waals surface area contributed by atoms with Crippen molar-refractivity contribution in [3.63, 3.8) is 0 Å². The third kappa shape index (κ3) is 2.14. The molecule has 0 atom stereocenters. The van der Waals surface area contributed by atoms with Crippen LogP contribution in [0, 0.1) is 0 Å². The molecule has 0 N–H and O–H groups in total. The number of hydrogen-bond acceptors (Lipinski definition) is 2. The zero-order chi connectivity index (χ0) is 10.0. The second-order valence-electron chi connectivity index (χ2n) is 2.16. The highest BCUT2D eigenvalue weighted by Crippen LogP contribution is 2.29. The second kappa shape index (κ2) is 3.98. The molecule has 0 saturated carbocycles. The van der Waals surface area contributed by atoms with Crippen LogP contribution in [0.1, 0.15) is 22.3 Å². The highest BCUT2D eigenvalue weighted by Gasteiger charge is 2.20. The molecule has 1 rings (SSSR count). The Balaban J connectivity index is 3.34. The number of pyridine rings is 1. The third-order valence-electron chi connectivity index (χ3n) is 1.37. The van der Waals surface area contributed by atoms with Crippen molar-refractivity contribution in [1.29, 1.82) is 0 Å². The van der Waals surface area contributed by atoms with E-state index in [9.17, 15) is 13.6 Å². The molecular weight excluding hydrogens is 223 g/mol. The summed E-state index contributed by atoms with van der Waals surface area (Å²) < 4.78 is 24.7. The van der Waals surface area contributed by atoms with Crippen molar-refractivity contribution >= 4 is 28.4 Å². The van der Waals surface area contributed by atoms with E-state index in [0.29, 0.717) is 0 Å². The fourth-order valence-electron chi connectivity index (χ4n) is 0.823. The predicted molar refractivity (Wildman–Crippen MR) is 44.4 cm³/mol. The lowest BCUT2D eigenvalue weighted by atomic mass is 10.1. The molecule has 2 nitrogen and oxygen atoms in total. The van der Waals surface area contributed by atoms with E-state index in [-0.39, 0.29) is 10.6 Å². The summed E-state index contributed by atoms with van der Waals surface area (Å²) in [6.07, 6.45) is -0.845. The second-order valence-corrected chi connectivity index (χ2v) is 2.91. The normalized spacial score (nSPS) is 10.5. The predicted octanol–water partition coefficient (Wildman–Crippen LogP) is 3.05. The molecule has 13 heavy (non-hydrogen) atoms. The Hall–Kier alpha value is -0.740. The van der Waals surface area contributed by atoms with Crippen LogP contribution >= 0.6 is 23.2 Å². The standard InChI is InChI=1S/C7H3Cl2F2NO/c8-4-2-12-1-3(6(9)13)5(4)7(10)11/h1-2,7H. The Morgan fingerprint density at radius 1 is 1.46 bits per heavy atom. The average molecular weight is 226 g/mol. The highest BCUT2D eigenvalue weighted by molar-refractivity contribution is 6.68. The summed E-state index contributed by atoms with van der Waals surface area (Å²) >= 11 is 10.5. The van der Waals surface area contributed by atoms with Gasteiger partial charge in [-0.05, 0) is 11.6 Å². The molecule has 0 aliphatic heterocycles. The van der Waals surface area contributed by atoms with Gasteiger partial charge in [0.15, 0.2) is 0 Å². The van der Waals surface area contributed by atoms with Gasteiger partial charge in [0.05, 0.1) is 16.1 Å². The van der Waals surface area contributed by atoms with Crippen LogP contribution in [0.25, 0.3) is 0 Å². The number of halogens is 4. The molecule has 1 heterocycles. The smallest absolute Gasteiger partial charge is 0.266 e. The van der Waals surface area contributed by atoms with Crippen molar-refractivity contribution in [2.45, 2.75) is 6.43 Å². The van der Waals surface area contributed by atoms with Gasteiger partial charge in [0.25, 0.3) is 11.7 Å². The summed E-state index contributed by atoms with van der Waals surface area (Å²) in [4.78, 5) is 14.1. The van der Waals surface area contributed by atoms with E-state index in [2.05, 4.69) is 4.98 Å². The summed E-state index contributed by atoms with van der Waals surface area (Å²) in [5, 5.41) is -1.26. The van der Waals surface area contributed by atoms with Crippen molar-refractivity contribution in [3.05, 3.63) is 28.5 Å². The van der Waals surface area contributed by atoms with Gasteiger partial charge in [0.1, 0.15) is 0 Å². The summed E-state index contributed by atoms with van der Waals surface area (Å²) in [6, 6.07) is 0. The summed E-state index contributed by atoms with van der Waals surface area (Å²) in [5.74, 6) is 0. The molecule has 0 unspecified atom stereocenters. The largest absolute Gasteiger partial charge is 0.276 e. The molecule has 0 fully saturated rings. The van der Waals surface area contributed by atoms with Crippen molar-refractivity contribution in [3.8, 4) is 0 Å². The molecule has 0 bridgehead atoms. The maximum absolute atomic E-state index is 12.3. The zero-order valence-electron chi connectivity index (χ0n) is 6.10. The van der Waals surface area contributed by atoms with Gasteiger partial charge < -0.3 is 0 Å². The van der Waals surface area contributed by atoms with Crippen LogP contribution in [-0.4, -0.2) is 10.2 Å². The molecule has 0 aliphatic rings. The lowest BCUT2D eigenvalue weighted by Crippen LogP contribution is -2.00. The molecule has 0 amide bonds. The van der Waals surface area contributed by atoms with Gasteiger partial charge in [-0.3, -0.25) is 9.78 Å². The molecular formula is C7H3Cl2F2NO. The molecule has 6 heteroatoms. The Bertz CT molecular complexity index is 343. The number of carbonyl (C=O) groups is 1. The first-order chi connectivity index (χ1) is 6.04. The lowest BCUT2D eigenvalue weighted by molar-refractivity contribution is 0.106. The van der Waals surface area contributed by atoms with Gasteiger partial charge in [0, 0.05) is 12.4 Å². The number of carbonyl (C=O) groups excluding carboxylic acids is 1. The first kappa shape index (κ1) is 10.3. The molecule has 0 radical (unpaired) electrons. The van der Waals surface area contributed by atoms with Gasteiger partial charge in [-0.1, -0.05) is 11.6 Å². The topological polar surface area (TPSA) is 30.0 Å². The molecule has 1 aromatic heterocycles. The first-order valence-electron chi connectivity index (χ1n) is 3.15. The van der Waals surface area contributed by atoms with E-state index in [4.69, 9.17) is 23.2 Å². The summed E-state index contributed by atoms with van der Waals surface area (Å²) in [6.45, 7) is 0. The van der Waals surface area contributed by atoms with Crippen LogP contribution in [0.4, 0.5) is 8.78 Å². The van der Waals surface area contributed by atoms with Gasteiger partial charge in [-0.25, -0.2) is 8.78 Å². The van der Waals surface area contributed by atoms with Crippen LogP contribution in [-0.2, 0) is 0 Å². The van der Waals surface area contributed by atoms with Crippen molar-refractivity contribution < 1.29 is 13.6 Å². The van der Waals surface area contributed by atoms with Crippen LogP contribution in [0.2, 0.25) is 5.02 Å². The van der Waals surface area contributed by atoms with Crippen LogP contribution in [0.15, 0.2) is 12.4 Å². The quantitative estimate of drug-likeness (QED) is 0.725. The van der Waals surface area contributed by atoms with E-state index in [1.54, 1.807) is 0 Å². The number of alkyl halides is 2. The maximum Gasteiger partial charge on any atom is 0.266 e. The molecule has 0 aromatic carbocycles. The summed E-state index contributed by atoms with van der Waals surface area (Å²) in [7, 11) is 0. The average Bonchev–Trinajstić information content (AvgIpc) is 2.02. The van der Waals surface area contributed by atoms with Crippen LogP contribution in [0.5, 0.6) is 0 Å². The third-order valence-corrected chi connectivity index (χ3v) is 1.87. The van der Waals surface area contributed by atoms with E-state index >= 15 is 0 Å². The molecule has 70 valence electrons. The van der Waals surface area contributed by atoms with E-state index in [1.165, 1.54) is 0 Å². The maximum atomic E-state index is 12.3. The minimum atomic E-state index is -2.84. The molecule has 1 aromatic rings. The Morgan fingerprint density at radius 2 is 2.08 bits per heavy atom. The molecule has 0 saturated heterocycles. The highest BCUT2D eigenvalue weighted by atomic mass is 35.5. The summed E-state index contributed by atoms with van der Waals surface area (Å²) in [5.41, 5.74) is -0.930. The van der Waals surface area contributed by atoms with Crippen molar-refractivity contribution in [2.75, 3.05) is 0 Å². The van der Waals surface area contributed by atoms with Gasteiger partial charge >= 0.3 is 0 Å². The minimum absolute atomic E-state index is 0.262. The number of aromatic nitrogens is 1. The number of nitrogens with zero attached hydrogens (tertiary/aromatic N) is 1. The zero-order valence-corrected chi connectivity index (χ0v) is 7.61. The van der Waals surface area contributed by atoms with E-state index in [1.807, 2.05) is 0 Å². The van der Waals surface area contributed by atoms with Crippen molar-refractivity contribution in [2.24, 2.45) is 0 Å². The SMILES string of the molecule is O=C(Cl)c1cncc(Cl)c1C(F)F. The minimum Gasteiger partial charge on any atom is -0.276 e.